The number of aromatic nitrogens is 1. The minimum absolute atomic E-state index is 0.288. The molecule has 0 unspecified atom stereocenters. The van der Waals surface area contributed by atoms with Gasteiger partial charge in [-0.3, -0.25) is 4.79 Å². The molecule has 0 fully saturated rings. The van der Waals surface area contributed by atoms with Gasteiger partial charge in [-0.05, 0) is 65.8 Å². The molecule has 1 heterocycles. The number of carbonyl (C=O) groups is 1. The molecule has 0 atom stereocenters. The van der Waals surface area contributed by atoms with Crippen molar-refractivity contribution in [2.45, 2.75) is 19.3 Å². The quantitative estimate of drug-likeness (QED) is 0.729. The molecule has 1 aromatic heterocycles. The summed E-state index contributed by atoms with van der Waals surface area (Å²) in [5, 5.41) is 0. The fourth-order valence-electron chi connectivity index (χ4n) is 2.37. The Morgan fingerprint density at radius 1 is 1.06 bits per heavy atom. The first-order valence-electron chi connectivity index (χ1n) is 5.75. The van der Waals surface area contributed by atoms with Crippen LogP contribution in [0.3, 0.4) is 0 Å². The van der Waals surface area contributed by atoms with Crippen molar-refractivity contribution in [3.05, 3.63) is 51.4 Å². The third kappa shape index (κ3) is 1.92. The molecule has 1 aromatic carbocycles. The van der Waals surface area contributed by atoms with E-state index in [2.05, 4.69) is 51.4 Å². The maximum Gasteiger partial charge on any atom is 0.164 e. The highest BCUT2D eigenvalue weighted by Gasteiger charge is 2.20. The molecule has 1 aliphatic carbocycles. The molecule has 0 saturated heterocycles. The average molecular weight is 337 g/mol. The van der Waals surface area contributed by atoms with Crippen molar-refractivity contribution < 1.29 is 4.79 Å². The third-order valence-corrected chi connectivity index (χ3v) is 3.93. The number of halogens is 1. The summed E-state index contributed by atoms with van der Waals surface area (Å²) < 4.78 is 3.37. The average Bonchev–Trinajstić information content (AvgIpc) is 2.75. The van der Waals surface area contributed by atoms with E-state index in [0.717, 1.165) is 24.1 Å². The molecule has 2 nitrogen and oxygen atoms in total. The van der Waals surface area contributed by atoms with Crippen LogP contribution in [0.2, 0.25) is 0 Å². The van der Waals surface area contributed by atoms with Crippen LogP contribution in [0.5, 0.6) is 0 Å². The lowest BCUT2D eigenvalue weighted by atomic mass is 9.97. The fourth-order valence-corrected chi connectivity index (χ4v) is 2.73. The van der Waals surface area contributed by atoms with Gasteiger partial charge in [-0.15, -0.1) is 0 Å². The Kier molecular flexibility index (Phi) is 2.78. The highest BCUT2D eigenvalue weighted by atomic mass is 127. The minimum Gasteiger partial charge on any atom is -0.320 e. The van der Waals surface area contributed by atoms with Gasteiger partial charge >= 0.3 is 0 Å². The Labute approximate surface area is 114 Å². The first-order chi connectivity index (χ1) is 8.25. The number of carbonyl (C=O) groups excluding carboxylic acids is 1. The standard InChI is InChI=1S/C14H12INO/c15-10-4-6-11(7-5-10)16-9-8-12-13(16)2-1-3-14(12)17/h4-9H,1-3H2. The number of ketones is 1. The molecular weight excluding hydrogens is 325 g/mol. The Hall–Kier alpha value is -1.10. The second kappa shape index (κ2) is 4.29. The van der Waals surface area contributed by atoms with Gasteiger partial charge < -0.3 is 4.57 Å². The summed E-state index contributed by atoms with van der Waals surface area (Å²) in [5.41, 5.74) is 3.22. The summed E-state index contributed by atoms with van der Waals surface area (Å²) in [6.45, 7) is 0. The lowest BCUT2D eigenvalue weighted by molar-refractivity contribution is 0.0972. The van der Waals surface area contributed by atoms with Crippen molar-refractivity contribution in [2.75, 3.05) is 0 Å². The molecule has 0 radical (unpaired) electrons. The molecule has 2 aromatic rings. The molecule has 0 saturated carbocycles. The van der Waals surface area contributed by atoms with Crippen LogP contribution in [0.4, 0.5) is 0 Å². The molecule has 3 heteroatoms. The first kappa shape index (κ1) is 11.0. The van der Waals surface area contributed by atoms with Crippen molar-refractivity contribution in [3.63, 3.8) is 0 Å². The maximum absolute atomic E-state index is 11.8. The number of benzene rings is 1. The Bertz CT molecular complexity index is 568. The van der Waals surface area contributed by atoms with E-state index < -0.39 is 0 Å². The summed E-state index contributed by atoms with van der Waals surface area (Å²) in [4.78, 5) is 11.8. The minimum atomic E-state index is 0.288. The van der Waals surface area contributed by atoms with Gasteiger partial charge in [-0.1, -0.05) is 0 Å². The summed E-state index contributed by atoms with van der Waals surface area (Å²) in [6.07, 6.45) is 4.68. The second-order valence-corrected chi connectivity index (χ2v) is 5.54. The summed E-state index contributed by atoms with van der Waals surface area (Å²) in [6, 6.07) is 10.3. The number of nitrogens with zero attached hydrogens (tertiary/aromatic N) is 1. The topological polar surface area (TPSA) is 22.0 Å². The predicted octanol–water partition coefficient (Wildman–Crippen LogP) is 3.60. The normalized spacial score (nSPS) is 14.8. The number of hydrogen-bond acceptors (Lipinski definition) is 1. The van der Waals surface area contributed by atoms with E-state index in [1.807, 2.05) is 12.3 Å². The number of rotatable bonds is 1. The molecule has 0 amide bonds. The molecule has 0 bridgehead atoms. The van der Waals surface area contributed by atoms with Crippen molar-refractivity contribution in [3.8, 4) is 5.69 Å². The van der Waals surface area contributed by atoms with E-state index in [0.29, 0.717) is 6.42 Å². The van der Waals surface area contributed by atoms with Gasteiger partial charge in [0.1, 0.15) is 0 Å². The predicted molar refractivity (Wildman–Crippen MR) is 75.8 cm³/mol. The van der Waals surface area contributed by atoms with Crippen LogP contribution in [-0.4, -0.2) is 10.4 Å². The molecule has 86 valence electrons. The second-order valence-electron chi connectivity index (χ2n) is 4.30. The first-order valence-corrected chi connectivity index (χ1v) is 6.83. The Morgan fingerprint density at radius 2 is 1.82 bits per heavy atom. The molecule has 0 aliphatic heterocycles. The Balaban J connectivity index is 2.10. The van der Waals surface area contributed by atoms with E-state index in [1.54, 1.807) is 0 Å². The van der Waals surface area contributed by atoms with E-state index >= 15 is 0 Å². The van der Waals surface area contributed by atoms with E-state index in [1.165, 1.54) is 9.26 Å². The number of hydrogen-bond donors (Lipinski definition) is 0. The largest absolute Gasteiger partial charge is 0.320 e. The molecule has 17 heavy (non-hydrogen) atoms. The maximum atomic E-state index is 11.8. The zero-order valence-corrected chi connectivity index (χ0v) is 11.5. The molecule has 3 rings (SSSR count). The lowest BCUT2D eigenvalue weighted by Crippen LogP contribution is -2.12. The van der Waals surface area contributed by atoms with Gasteiger partial charge in [-0.25, -0.2) is 0 Å². The highest BCUT2D eigenvalue weighted by molar-refractivity contribution is 14.1. The fraction of sp³-hybridized carbons (Fsp3) is 0.214. The van der Waals surface area contributed by atoms with Crippen LogP contribution in [0.25, 0.3) is 5.69 Å². The van der Waals surface area contributed by atoms with Crippen LogP contribution in [0, 0.1) is 3.57 Å². The van der Waals surface area contributed by atoms with Gasteiger partial charge in [0.25, 0.3) is 0 Å². The highest BCUT2D eigenvalue weighted by Crippen LogP contribution is 2.25. The zero-order valence-electron chi connectivity index (χ0n) is 9.32. The Morgan fingerprint density at radius 3 is 2.59 bits per heavy atom. The monoisotopic (exact) mass is 337 g/mol. The van der Waals surface area contributed by atoms with E-state index in [-0.39, 0.29) is 5.78 Å². The van der Waals surface area contributed by atoms with Gasteiger partial charge in [-0.2, -0.15) is 0 Å². The van der Waals surface area contributed by atoms with Crippen LogP contribution in [-0.2, 0) is 6.42 Å². The van der Waals surface area contributed by atoms with Crippen molar-refractivity contribution in [1.29, 1.82) is 0 Å². The van der Waals surface area contributed by atoms with Crippen LogP contribution >= 0.6 is 22.6 Å². The third-order valence-electron chi connectivity index (χ3n) is 3.21. The van der Waals surface area contributed by atoms with Gasteiger partial charge in [0.15, 0.2) is 5.78 Å². The van der Waals surface area contributed by atoms with Crippen molar-refractivity contribution in [1.82, 2.24) is 4.57 Å². The summed E-state index contributed by atoms with van der Waals surface area (Å²) in [7, 11) is 0. The van der Waals surface area contributed by atoms with Crippen molar-refractivity contribution in [2.24, 2.45) is 0 Å². The van der Waals surface area contributed by atoms with Crippen LogP contribution < -0.4 is 0 Å². The summed E-state index contributed by atoms with van der Waals surface area (Å²) in [5.74, 6) is 0.288. The molecule has 1 aliphatic rings. The lowest BCUT2D eigenvalue weighted by Gasteiger charge is -2.15. The van der Waals surface area contributed by atoms with Gasteiger partial charge in [0.2, 0.25) is 0 Å². The van der Waals surface area contributed by atoms with Crippen LogP contribution in [0.1, 0.15) is 28.9 Å². The van der Waals surface area contributed by atoms with E-state index in [9.17, 15) is 4.79 Å². The van der Waals surface area contributed by atoms with Crippen molar-refractivity contribution >= 4 is 28.4 Å². The van der Waals surface area contributed by atoms with Gasteiger partial charge in [0.05, 0.1) is 0 Å². The van der Waals surface area contributed by atoms with Gasteiger partial charge in [0, 0.05) is 33.1 Å². The molecule has 0 N–H and O–H groups in total. The van der Waals surface area contributed by atoms with E-state index in [4.69, 9.17) is 0 Å². The number of fused-ring (bicyclic) bond motifs is 1. The molecular formula is C14H12INO. The molecule has 0 spiro atoms. The SMILES string of the molecule is O=C1CCCc2c1ccn2-c1ccc(I)cc1. The number of Topliss-reactive ketones (excluding diaryl/α,β-unsaturated/α-hetero) is 1. The summed E-state index contributed by atoms with van der Waals surface area (Å²) >= 11 is 2.30. The zero-order chi connectivity index (χ0) is 11.8. The van der Waals surface area contributed by atoms with Crippen LogP contribution in [0.15, 0.2) is 36.5 Å². The smallest absolute Gasteiger partial charge is 0.164 e.